The van der Waals surface area contributed by atoms with Crippen LogP contribution in [-0.2, 0) is 13.6 Å². The van der Waals surface area contributed by atoms with Gasteiger partial charge in [0, 0.05) is 37.9 Å². The van der Waals surface area contributed by atoms with Crippen LogP contribution in [0.15, 0.2) is 12.4 Å². The Kier molecular flexibility index (Phi) is 4.88. The Balaban J connectivity index is 1.47. The molecule has 0 bridgehead atoms. The monoisotopic (exact) mass is 342 g/mol. The van der Waals surface area contributed by atoms with Crippen molar-refractivity contribution in [1.29, 1.82) is 0 Å². The summed E-state index contributed by atoms with van der Waals surface area (Å²) < 4.78 is 4.34. The maximum atomic E-state index is 4.58. The van der Waals surface area contributed by atoms with Crippen molar-refractivity contribution in [3.05, 3.63) is 29.9 Å². The maximum Gasteiger partial charge on any atom is 0.152 e. The van der Waals surface area contributed by atoms with E-state index < -0.39 is 0 Å². The summed E-state index contributed by atoms with van der Waals surface area (Å²) in [4.78, 5) is 7.04. The van der Waals surface area contributed by atoms with E-state index in [1.165, 1.54) is 51.5 Å². The van der Waals surface area contributed by atoms with Crippen LogP contribution in [0.4, 0.5) is 0 Å². The normalized spacial score (nSPS) is 23.2. The summed E-state index contributed by atoms with van der Waals surface area (Å²) in [6, 6.07) is 0.804. The van der Waals surface area contributed by atoms with Crippen molar-refractivity contribution in [2.45, 2.75) is 70.4 Å². The number of hydrogen-bond donors (Lipinski definition) is 0. The molecule has 1 aliphatic heterocycles. The first-order valence-electron chi connectivity index (χ1n) is 9.82. The molecule has 2 fully saturated rings. The SMILES string of the molecule is Cc1nccn1Cc1nnc([C@H]2CCCN(C3CCCCC3)C2)n1C. The molecule has 0 spiro atoms. The highest BCUT2D eigenvalue weighted by atomic mass is 15.3. The van der Waals surface area contributed by atoms with Gasteiger partial charge in [0.05, 0.1) is 6.54 Å². The summed E-state index contributed by atoms with van der Waals surface area (Å²) in [5, 5.41) is 9.07. The smallest absolute Gasteiger partial charge is 0.152 e. The zero-order chi connectivity index (χ0) is 17.2. The number of aromatic nitrogens is 5. The third kappa shape index (κ3) is 3.50. The molecule has 136 valence electrons. The Bertz CT molecular complexity index is 697. The summed E-state index contributed by atoms with van der Waals surface area (Å²) in [6.45, 7) is 5.19. The van der Waals surface area contributed by atoms with Gasteiger partial charge in [0.25, 0.3) is 0 Å². The molecule has 1 aliphatic carbocycles. The molecule has 1 saturated heterocycles. The maximum absolute atomic E-state index is 4.58. The Morgan fingerprint density at radius 1 is 1.08 bits per heavy atom. The van der Waals surface area contributed by atoms with Crippen molar-refractivity contribution in [3.8, 4) is 0 Å². The van der Waals surface area contributed by atoms with Gasteiger partial charge in [0.2, 0.25) is 0 Å². The zero-order valence-electron chi connectivity index (χ0n) is 15.6. The lowest BCUT2D eigenvalue weighted by molar-refractivity contribution is 0.116. The van der Waals surface area contributed by atoms with Gasteiger partial charge >= 0.3 is 0 Å². The molecule has 2 aromatic rings. The molecule has 6 nitrogen and oxygen atoms in total. The second-order valence-electron chi connectivity index (χ2n) is 7.76. The van der Waals surface area contributed by atoms with Crippen molar-refractivity contribution >= 4 is 0 Å². The van der Waals surface area contributed by atoms with E-state index in [4.69, 9.17) is 0 Å². The molecule has 25 heavy (non-hydrogen) atoms. The Hall–Kier alpha value is -1.69. The summed E-state index contributed by atoms with van der Waals surface area (Å²) >= 11 is 0. The van der Waals surface area contributed by atoms with Crippen LogP contribution < -0.4 is 0 Å². The molecule has 0 aromatic carbocycles. The molecule has 1 saturated carbocycles. The van der Waals surface area contributed by atoms with Crippen LogP contribution in [0.2, 0.25) is 0 Å². The standard InChI is InChI=1S/C19H30N6/c1-15-20-10-12-24(15)14-18-21-22-19(23(18)2)16-7-6-11-25(13-16)17-8-4-3-5-9-17/h10,12,16-17H,3-9,11,13-14H2,1-2H3/t16-/m0/s1. The van der Waals surface area contributed by atoms with Gasteiger partial charge in [-0.1, -0.05) is 19.3 Å². The minimum absolute atomic E-state index is 0.519. The van der Waals surface area contributed by atoms with Crippen LogP contribution in [0.25, 0.3) is 0 Å². The molecule has 0 amide bonds. The van der Waals surface area contributed by atoms with Crippen LogP contribution in [0.1, 0.15) is 68.3 Å². The number of hydrogen-bond acceptors (Lipinski definition) is 4. The van der Waals surface area contributed by atoms with Crippen LogP contribution in [-0.4, -0.2) is 48.3 Å². The number of nitrogens with zero attached hydrogens (tertiary/aromatic N) is 6. The first-order valence-corrected chi connectivity index (χ1v) is 9.82. The fraction of sp³-hybridized carbons (Fsp3) is 0.737. The minimum atomic E-state index is 0.519. The van der Waals surface area contributed by atoms with Crippen molar-refractivity contribution < 1.29 is 0 Å². The topological polar surface area (TPSA) is 51.8 Å². The molecular formula is C19H30N6. The summed E-state index contributed by atoms with van der Waals surface area (Å²) in [7, 11) is 2.12. The summed E-state index contributed by atoms with van der Waals surface area (Å²) in [5.74, 6) is 3.72. The number of piperidine rings is 1. The second-order valence-corrected chi connectivity index (χ2v) is 7.76. The van der Waals surface area contributed by atoms with Crippen LogP contribution in [0.5, 0.6) is 0 Å². The molecule has 4 rings (SSSR count). The van der Waals surface area contributed by atoms with Gasteiger partial charge in [-0.3, -0.25) is 4.90 Å². The minimum Gasteiger partial charge on any atom is -0.328 e. The largest absolute Gasteiger partial charge is 0.328 e. The number of likely N-dealkylation sites (tertiary alicyclic amines) is 1. The fourth-order valence-corrected chi connectivity index (χ4v) is 4.59. The van der Waals surface area contributed by atoms with Crippen LogP contribution in [0, 0.1) is 6.92 Å². The third-order valence-corrected chi connectivity index (χ3v) is 6.14. The van der Waals surface area contributed by atoms with Gasteiger partial charge < -0.3 is 9.13 Å². The van der Waals surface area contributed by atoms with E-state index >= 15 is 0 Å². The highest BCUT2D eigenvalue weighted by Gasteiger charge is 2.30. The molecule has 1 atom stereocenters. The summed E-state index contributed by atoms with van der Waals surface area (Å²) in [5.41, 5.74) is 0. The predicted molar refractivity (Wildman–Crippen MR) is 97.5 cm³/mol. The number of aryl methyl sites for hydroxylation is 1. The first kappa shape index (κ1) is 16.8. The number of rotatable bonds is 4. The van der Waals surface area contributed by atoms with Gasteiger partial charge in [-0.05, 0) is 39.2 Å². The van der Waals surface area contributed by atoms with E-state index in [9.17, 15) is 0 Å². The Morgan fingerprint density at radius 2 is 1.92 bits per heavy atom. The van der Waals surface area contributed by atoms with Crippen LogP contribution in [0.3, 0.4) is 0 Å². The van der Waals surface area contributed by atoms with E-state index in [1.54, 1.807) is 0 Å². The van der Waals surface area contributed by atoms with E-state index in [-0.39, 0.29) is 0 Å². The first-order chi connectivity index (χ1) is 12.2. The Morgan fingerprint density at radius 3 is 2.68 bits per heavy atom. The molecule has 0 unspecified atom stereocenters. The van der Waals surface area contributed by atoms with E-state index in [0.717, 1.165) is 36.6 Å². The van der Waals surface area contributed by atoms with Crippen molar-refractivity contribution in [1.82, 2.24) is 29.2 Å². The molecule has 0 N–H and O–H groups in total. The lowest BCUT2D eigenvalue weighted by Gasteiger charge is -2.39. The van der Waals surface area contributed by atoms with Gasteiger partial charge in [-0.2, -0.15) is 0 Å². The van der Waals surface area contributed by atoms with Crippen molar-refractivity contribution in [3.63, 3.8) is 0 Å². The molecule has 6 heteroatoms. The molecule has 2 aromatic heterocycles. The lowest BCUT2D eigenvalue weighted by atomic mass is 9.90. The van der Waals surface area contributed by atoms with Crippen molar-refractivity contribution in [2.75, 3.05) is 13.1 Å². The van der Waals surface area contributed by atoms with Crippen molar-refractivity contribution in [2.24, 2.45) is 7.05 Å². The fourth-order valence-electron chi connectivity index (χ4n) is 4.59. The molecular weight excluding hydrogens is 312 g/mol. The lowest BCUT2D eigenvalue weighted by Crippen LogP contribution is -2.43. The summed E-state index contributed by atoms with van der Waals surface area (Å²) in [6.07, 6.45) is 13.4. The highest BCUT2D eigenvalue weighted by Crippen LogP contribution is 2.31. The number of imidazole rings is 1. The molecule has 0 radical (unpaired) electrons. The third-order valence-electron chi connectivity index (χ3n) is 6.14. The van der Waals surface area contributed by atoms with Gasteiger partial charge in [0.15, 0.2) is 5.82 Å². The van der Waals surface area contributed by atoms with Gasteiger partial charge in [0.1, 0.15) is 11.6 Å². The van der Waals surface area contributed by atoms with E-state index in [2.05, 4.69) is 36.3 Å². The molecule has 3 heterocycles. The Labute approximate surface area is 150 Å². The average Bonchev–Trinajstić information content (AvgIpc) is 3.22. The highest BCUT2D eigenvalue weighted by molar-refractivity contribution is 5.06. The average molecular weight is 342 g/mol. The quantitative estimate of drug-likeness (QED) is 0.857. The second kappa shape index (κ2) is 7.28. The van der Waals surface area contributed by atoms with Gasteiger partial charge in [-0.15, -0.1) is 10.2 Å². The molecule has 2 aliphatic rings. The predicted octanol–water partition coefficient (Wildman–Crippen LogP) is 2.88. The van der Waals surface area contributed by atoms with Gasteiger partial charge in [-0.25, -0.2) is 4.98 Å². The zero-order valence-corrected chi connectivity index (χ0v) is 15.6. The van der Waals surface area contributed by atoms with E-state index in [1.807, 2.05) is 19.3 Å². The van der Waals surface area contributed by atoms with Crippen LogP contribution >= 0.6 is 0 Å². The van der Waals surface area contributed by atoms with E-state index in [0.29, 0.717) is 5.92 Å².